The van der Waals surface area contributed by atoms with Crippen molar-refractivity contribution in [2.24, 2.45) is 0 Å². The Balaban J connectivity index is 0.000000191. The molecular formula is C59H68N8O6. The molecule has 14 heteroatoms. The van der Waals surface area contributed by atoms with Crippen LogP contribution in [-0.4, -0.2) is 69.7 Å². The van der Waals surface area contributed by atoms with Crippen LogP contribution in [0.25, 0.3) is 50.9 Å². The SMILES string of the molecule is C.COC(=O)/C=C/c1ccc(NC(=O)C2(NC(=O)c3ccc4c(C5CCCCC5)c5n(c4c3)CCCn3ccnc3-5)CCCC2)cc1.O=C(O)c1ccc2c(C3CCCCC3)c3n(c2c1)CCCn1ccnc1-3. The topological polar surface area (TPSA) is 167 Å². The smallest absolute Gasteiger partial charge is 0.335 e. The van der Waals surface area contributed by atoms with Crippen LogP contribution in [0.15, 0.2) is 91.5 Å². The summed E-state index contributed by atoms with van der Waals surface area (Å²) < 4.78 is 13.9. The van der Waals surface area contributed by atoms with Crippen LogP contribution in [0.1, 0.15) is 159 Å². The van der Waals surface area contributed by atoms with Gasteiger partial charge in [0.1, 0.15) is 5.54 Å². The molecule has 3 fully saturated rings. The van der Waals surface area contributed by atoms with Gasteiger partial charge in [-0.15, -0.1) is 0 Å². The molecule has 0 atom stereocenters. The molecule has 4 aromatic heterocycles. The van der Waals surface area contributed by atoms with Crippen molar-refractivity contribution in [3.05, 3.63) is 119 Å². The van der Waals surface area contributed by atoms with E-state index in [0.29, 0.717) is 41.5 Å². The lowest BCUT2D eigenvalue weighted by molar-refractivity contribution is -0.134. The number of aromatic nitrogens is 6. The molecule has 5 aliphatic rings. The maximum atomic E-state index is 13.9. The van der Waals surface area contributed by atoms with Gasteiger partial charge in [0, 0.05) is 90.1 Å². The molecule has 0 bridgehead atoms. The van der Waals surface area contributed by atoms with Crippen molar-refractivity contribution in [2.75, 3.05) is 12.4 Å². The number of ether oxygens (including phenoxy) is 1. The number of esters is 1. The van der Waals surface area contributed by atoms with Crippen molar-refractivity contribution < 1.29 is 29.0 Å². The van der Waals surface area contributed by atoms with Gasteiger partial charge in [0.15, 0.2) is 11.6 Å². The first-order chi connectivity index (χ1) is 35.2. The number of imidazole rings is 2. The number of nitrogens with one attached hydrogen (secondary N) is 2. The van der Waals surface area contributed by atoms with Gasteiger partial charge < -0.3 is 38.7 Å². The maximum absolute atomic E-state index is 13.9. The molecule has 7 aromatic rings. The first-order valence-corrected chi connectivity index (χ1v) is 26.3. The number of benzene rings is 3. The number of hydrogen-bond acceptors (Lipinski definition) is 7. The molecular weight excluding hydrogens is 917 g/mol. The molecule has 12 rings (SSSR count). The predicted octanol–water partition coefficient (Wildman–Crippen LogP) is 12.1. The van der Waals surface area contributed by atoms with Crippen molar-refractivity contribution in [2.45, 2.75) is 154 Å². The summed E-state index contributed by atoms with van der Waals surface area (Å²) in [6.07, 6.45) is 28.3. The zero-order valence-electron chi connectivity index (χ0n) is 41.2. The highest BCUT2D eigenvalue weighted by Gasteiger charge is 2.43. The van der Waals surface area contributed by atoms with Crippen molar-refractivity contribution in [3.63, 3.8) is 0 Å². The predicted molar refractivity (Wildman–Crippen MR) is 286 cm³/mol. The Labute approximate surface area is 426 Å². The van der Waals surface area contributed by atoms with E-state index in [1.807, 2.05) is 48.8 Å². The standard InChI is InChI=1S/C37H41N5O4.C21H23N3O2.CH4/c1-46-31(43)17-12-25-10-14-28(15-11-25)39-36(45)37(18-5-6-19-37)40-35(44)27-13-16-29-30(24-27)42-22-7-21-41-23-20-38-34(41)33(42)32(29)26-8-3-2-4-9-26;25-21(26)15-7-8-16-17(13-15)24-11-4-10-23-12-9-22-20(23)19(24)18(16)14-5-2-1-3-6-14;/h10-17,20,23-24,26H,2-9,18-19,21-22H2,1H3,(H,39,45)(H,40,44);7-9,12-14H,1-6,10-11H2,(H,25,26);1H4/b17-12+;;. The largest absolute Gasteiger partial charge is 0.478 e. The Morgan fingerprint density at radius 1 is 0.658 bits per heavy atom. The normalized spacial score (nSPS) is 17.5. The molecule has 380 valence electrons. The monoisotopic (exact) mass is 985 g/mol. The van der Waals surface area contributed by atoms with Crippen LogP contribution >= 0.6 is 0 Å². The fourth-order valence-electron chi connectivity index (χ4n) is 12.6. The second kappa shape index (κ2) is 21.1. The third kappa shape index (κ3) is 9.52. The Morgan fingerprint density at radius 3 is 1.70 bits per heavy atom. The van der Waals surface area contributed by atoms with Crippen LogP contribution in [0.2, 0.25) is 0 Å². The van der Waals surface area contributed by atoms with Crippen LogP contribution < -0.4 is 10.6 Å². The number of carboxylic acids is 1. The Kier molecular flexibility index (Phi) is 14.3. The fourth-order valence-corrected chi connectivity index (χ4v) is 12.6. The number of aromatic carboxylic acids is 1. The van der Waals surface area contributed by atoms with E-state index < -0.39 is 17.5 Å². The van der Waals surface area contributed by atoms with Gasteiger partial charge in [-0.05, 0) is 122 Å². The highest BCUT2D eigenvalue weighted by molar-refractivity contribution is 6.06. The summed E-state index contributed by atoms with van der Waals surface area (Å²) in [6.45, 7) is 3.66. The average molecular weight is 985 g/mol. The summed E-state index contributed by atoms with van der Waals surface area (Å²) in [5, 5.41) is 18.1. The molecule has 2 aliphatic heterocycles. The zero-order chi connectivity index (χ0) is 49.3. The molecule has 3 saturated carbocycles. The first kappa shape index (κ1) is 49.4. The summed E-state index contributed by atoms with van der Waals surface area (Å²) in [5.74, 6) is 1.36. The van der Waals surface area contributed by atoms with Gasteiger partial charge in [-0.1, -0.05) is 83.1 Å². The average Bonchev–Trinajstić information content (AvgIpc) is 4.25. The van der Waals surface area contributed by atoms with Crippen LogP contribution in [0.3, 0.4) is 0 Å². The lowest BCUT2D eigenvalue weighted by atomic mass is 9.82. The molecule has 2 amide bonds. The molecule has 3 aliphatic carbocycles. The number of anilines is 1. The van der Waals surface area contributed by atoms with Crippen LogP contribution in [-0.2, 0) is 40.5 Å². The minimum atomic E-state index is -0.983. The maximum Gasteiger partial charge on any atom is 0.335 e. The lowest BCUT2D eigenvalue weighted by Gasteiger charge is -2.29. The number of fused-ring (bicyclic) bond motifs is 10. The number of methoxy groups -OCH3 is 1. The summed E-state index contributed by atoms with van der Waals surface area (Å²) in [4.78, 5) is 60.1. The van der Waals surface area contributed by atoms with E-state index in [1.165, 1.54) is 111 Å². The van der Waals surface area contributed by atoms with Gasteiger partial charge in [-0.2, -0.15) is 0 Å². The minimum absolute atomic E-state index is 0. The molecule has 73 heavy (non-hydrogen) atoms. The number of nitrogens with zero attached hydrogens (tertiary/aromatic N) is 6. The third-order valence-corrected chi connectivity index (χ3v) is 16.2. The molecule has 0 saturated heterocycles. The van der Waals surface area contributed by atoms with Crippen molar-refractivity contribution in [1.29, 1.82) is 0 Å². The van der Waals surface area contributed by atoms with Crippen LogP contribution in [0, 0.1) is 0 Å². The van der Waals surface area contributed by atoms with E-state index >= 15 is 0 Å². The molecule has 0 radical (unpaired) electrons. The van der Waals surface area contributed by atoms with Crippen molar-refractivity contribution in [1.82, 2.24) is 33.6 Å². The number of aryl methyl sites for hydroxylation is 4. The van der Waals surface area contributed by atoms with Crippen molar-refractivity contribution >= 4 is 57.3 Å². The Hall–Kier alpha value is -7.22. The molecule has 0 unspecified atom stereocenters. The first-order valence-electron chi connectivity index (χ1n) is 26.3. The zero-order valence-corrected chi connectivity index (χ0v) is 41.2. The number of carbonyl (C=O) groups excluding carboxylic acids is 3. The second-order valence-corrected chi connectivity index (χ2v) is 20.5. The Bertz CT molecular complexity index is 3210. The lowest BCUT2D eigenvalue weighted by Crippen LogP contribution is -2.55. The highest BCUT2D eigenvalue weighted by Crippen LogP contribution is 2.47. The number of hydrogen-bond donors (Lipinski definition) is 3. The molecule has 0 spiro atoms. The number of rotatable bonds is 9. The highest BCUT2D eigenvalue weighted by atomic mass is 16.5. The molecule has 3 N–H and O–H groups in total. The van der Waals surface area contributed by atoms with E-state index in [1.54, 1.807) is 24.3 Å². The number of carboxylic acid groups (broad SMARTS) is 1. The van der Waals surface area contributed by atoms with E-state index in [2.05, 4.69) is 52.1 Å². The van der Waals surface area contributed by atoms with Crippen LogP contribution in [0.4, 0.5) is 5.69 Å². The number of carbonyl (C=O) groups is 4. The van der Waals surface area contributed by atoms with Gasteiger partial charge in [-0.3, -0.25) is 9.59 Å². The minimum Gasteiger partial charge on any atom is -0.478 e. The molecule has 14 nitrogen and oxygen atoms in total. The third-order valence-electron chi connectivity index (χ3n) is 16.2. The quantitative estimate of drug-likeness (QED) is 0.0949. The Morgan fingerprint density at radius 2 is 1.18 bits per heavy atom. The van der Waals surface area contributed by atoms with Crippen LogP contribution in [0.5, 0.6) is 0 Å². The van der Waals surface area contributed by atoms with Crippen molar-refractivity contribution in [3.8, 4) is 23.0 Å². The van der Waals surface area contributed by atoms with Gasteiger partial charge >= 0.3 is 11.9 Å². The fraction of sp³-hybridized carbons (Fsp3) is 0.424. The second-order valence-electron chi connectivity index (χ2n) is 20.5. The number of amides is 2. The van der Waals surface area contributed by atoms with Gasteiger partial charge in [-0.25, -0.2) is 19.6 Å². The van der Waals surface area contributed by atoms with E-state index in [0.717, 1.165) is 80.1 Å². The van der Waals surface area contributed by atoms with E-state index in [4.69, 9.17) is 9.97 Å². The van der Waals surface area contributed by atoms with E-state index in [9.17, 15) is 24.3 Å². The molecule has 3 aromatic carbocycles. The summed E-state index contributed by atoms with van der Waals surface area (Å²) in [5.41, 5.74) is 8.72. The van der Waals surface area contributed by atoms with E-state index in [-0.39, 0.29) is 19.2 Å². The summed E-state index contributed by atoms with van der Waals surface area (Å²) in [6, 6.07) is 18.9. The van der Waals surface area contributed by atoms with Gasteiger partial charge in [0.05, 0.1) is 24.1 Å². The van der Waals surface area contributed by atoms with Gasteiger partial charge in [0.2, 0.25) is 5.91 Å². The molecule has 6 heterocycles. The summed E-state index contributed by atoms with van der Waals surface area (Å²) >= 11 is 0. The van der Waals surface area contributed by atoms with Gasteiger partial charge in [0.25, 0.3) is 5.91 Å². The summed E-state index contributed by atoms with van der Waals surface area (Å²) in [7, 11) is 1.33.